The first-order valence-corrected chi connectivity index (χ1v) is 12.1. The summed E-state index contributed by atoms with van der Waals surface area (Å²) >= 11 is 0. The van der Waals surface area contributed by atoms with Crippen molar-refractivity contribution in [1.82, 2.24) is 4.90 Å². The molecule has 4 aromatic rings. The largest absolute Gasteiger partial charge is 0.467 e. The van der Waals surface area contributed by atoms with E-state index in [2.05, 4.69) is 0 Å². The topological polar surface area (TPSA) is 76.8 Å². The lowest BCUT2D eigenvalue weighted by molar-refractivity contribution is -0.127. The highest BCUT2D eigenvalue weighted by atomic mass is 32.2. The van der Waals surface area contributed by atoms with Gasteiger partial charge < -0.3 is 13.5 Å². The van der Waals surface area contributed by atoms with E-state index >= 15 is 0 Å². The summed E-state index contributed by atoms with van der Waals surface area (Å²) in [5, 5.41) is 0. The van der Waals surface area contributed by atoms with E-state index in [1.54, 1.807) is 41.3 Å². The molecule has 0 atom stereocenters. The van der Waals surface area contributed by atoms with Crippen LogP contribution in [0.25, 0.3) is 6.08 Å². The predicted octanol–water partition coefficient (Wildman–Crippen LogP) is 5.43. The Kier molecular flexibility index (Phi) is 7.42. The second kappa shape index (κ2) is 10.8. The van der Waals surface area contributed by atoms with Gasteiger partial charge in [0.25, 0.3) is 0 Å². The number of nitrogens with zero attached hydrogens (tertiary/aromatic N) is 1. The molecule has 3 aromatic carbocycles. The van der Waals surface area contributed by atoms with Crippen LogP contribution in [0.1, 0.15) is 16.9 Å². The molecule has 1 amide bonds. The number of carbonyl (C=O) groups excluding carboxylic acids is 1. The highest BCUT2D eigenvalue weighted by molar-refractivity contribution is 7.87. The number of furan rings is 1. The van der Waals surface area contributed by atoms with Gasteiger partial charge in [-0.3, -0.25) is 4.79 Å². The van der Waals surface area contributed by atoms with Gasteiger partial charge in [0.2, 0.25) is 5.91 Å². The number of hydrogen-bond acceptors (Lipinski definition) is 5. The van der Waals surface area contributed by atoms with E-state index in [0.29, 0.717) is 11.3 Å². The molecule has 4 rings (SSSR count). The minimum Gasteiger partial charge on any atom is -0.467 e. The van der Waals surface area contributed by atoms with Crippen LogP contribution in [-0.4, -0.2) is 19.2 Å². The molecule has 8 heteroatoms. The zero-order valence-corrected chi connectivity index (χ0v) is 19.4. The molecule has 0 bridgehead atoms. The van der Waals surface area contributed by atoms with Crippen molar-refractivity contribution in [3.05, 3.63) is 126 Å². The first-order valence-electron chi connectivity index (χ1n) is 10.7. The van der Waals surface area contributed by atoms with E-state index in [1.807, 2.05) is 30.3 Å². The fourth-order valence-corrected chi connectivity index (χ4v) is 4.25. The maximum Gasteiger partial charge on any atom is 0.339 e. The molecule has 0 spiro atoms. The normalized spacial score (nSPS) is 11.5. The van der Waals surface area contributed by atoms with E-state index < -0.39 is 15.9 Å². The van der Waals surface area contributed by atoms with Crippen LogP contribution in [0.5, 0.6) is 5.75 Å². The molecule has 1 aromatic heterocycles. The van der Waals surface area contributed by atoms with E-state index in [-0.39, 0.29) is 29.6 Å². The fourth-order valence-electron chi connectivity index (χ4n) is 3.33. The van der Waals surface area contributed by atoms with Crippen molar-refractivity contribution in [2.24, 2.45) is 0 Å². The first kappa shape index (κ1) is 24.0. The smallest absolute Gasteiger partial charge is 0.339 e. The molecule has 0 aliphatic heterocycles. The van der Waals surface area contributed by atoms with Crippen LogP contribution in [-0.2, 0) is 28.0 Å². The Morgan fingerprint density at radius 3 is 2.40 bits per heavy atom. The van der Waals surface area contributed by atoms with E-state index in [1.165, 1.54) is 18.4 Å². The van der Waals surface area contributed by atoms with E-state index in [4.69, 9.17) is 8.60 Å². The Hall–Kier alpha value is -4.17. The summed E-state index contributed by atoms with van der Waals surface area (Å²) in [4.78, 5) is 14.4. The minimum absolute atomic E-state index is 0.0806. The molecular formula is C27H22FNO5S. The Morgan fingerprint density at radius 1 is 0.914 bits per heavy atom. The van der Waals surface area contributed by atoms with Crippen molar-refractivity contribution >= 4 is 22.1 Å². The maximum absolute atomic E-state index is 13.1. The van der Waals surface area contributed by atoms with Gasteiger partial charge in [-0.2, -0.15) is 8.42 Å². The number of carbonyl (C=O) groups is 1. The van der Waals surface area contributed by atoms with Crippen molar-refractivity contribution < 1.29 is 26.2 Å². The predicted molar refractivity (Wildman–Crippen MR) is 129 cm³/mol. The van der Waals surface area contributed by atoms with Crippen molar-refractivity contribution in [3.63, 3.8) is 0 Å². The maximum atomic E-state index is 13.1. The second-order valence-electron chi connectivity index (χ2n) is 7.66. The molecule has 178 valence electrons. The van der Waals surface area contributed by atoms with Crippen molar-refractivity contribution in [3.8, 4) is 5.75 Å². The molecule has 0 fully saturated rings. The molecule has 35 heavy (non-hydrogen) atoms. The number of benzene rings is 3. The number of rotatable bonds is 9. The molecule has 0 aliphatic rings. The average Bonchev–Trinajstić information content (AvgIpc) is 3.36. The van der Waals surface area contributed by atoms with Gasteiger partial charge in [-0.1, -0.05) is 42.5 Å². The molecule has 0 N–H and O–H groups in total. The Morgan fingerprint density at radius 2 is 1.69 bits per heavy atom. The molecule has 0 radical (unpaired) electrons. The lowest BCUT2D eigenvalue weighted by atomic mass is 10.2. The quantitative estimate of drug-likeness (QED) is 0.231. The van der Waals surface area contributed by atoms with Gasteiger partial charge in [0, 0.05) is 12.6 Å². The van der Waals surface area contributed by atoms with Crippen LogP contribution in [0.15, 0.2) is 113 Å². The molecule has 0 unspecified atom stereocenters. The molecule has 0 saturated heterocycles. The van der Waals surface area contributed by atoms with E-state index in [9.17, 15) is 17.6 Å². The zero-order chi connectivity index (χ0) is 24.7. The lowest BCUT2D eigenvalue weighted by Gasteiger charge is -2.20. The highest BCUT2D eigenvalue weighted by Crippen LogP contribution is 2.22. The molecule has 1 heterocycles. The number of amides is 1. The van der Waals surface area contributed by atoms with Crippen molar-refractivity contribution in [2.75, 3.05) is 0 Å². The van der Waals surface area contributed by atoms with Gasteiger partial charge >= 0.3 is 10.1 Å². The minimum atomic E-state index is -4.15. The number of halogens is 1. The average molecular weight is 492 g/mol. The van der Waals surface area contributed by atoms with Gasteiger partial charge in [-0.05, 0) is 65.7 Å². The van der Waals surface area contributed by atoms with Crippen molar-refractivity contribution in [1.29, 1.82) is 0 Å². The Balaban J connectivity index is 1.52. The van der Waals surface area contributed by atoms with Crippen LogP contribution in [0, 0.1) is 5.82 Å². The summed E-state index contributed by atoms with van der Waals surface area (Å²) in [5.74, 6) is -0.0983. The van der Waals surface area contributed by atoms with Gasteiger partial charge in [0.1, 0.15) is 22.2 Å². The SMILES string of the molecule is O=C(C=Cc1ccccc1)N(Cc1cccc(OS(=O)(=O)c2ccc(F)cc2)c1)Cc1ccco1. The van der Waals surface area contributed by atoms with Gasteiger partial charge in [0.15, 0.2) is 0 Å². The molecule has 0 aliphatic carbocycles. The first-order chi connectivity index (χ1) is 16.9. The standard InChI is InChI=1S/C27H22FNO5S/c28-23-12-14-26(15-13-23)35(31,32)34-24-9-4-8-22(18-24)19-29(20-25-10-5-17-33-25)27(30)16-11-21-6-2-1-3-7-21/h1-18H,19-20H2. The van der Waals surface area contributed by atoms with E-state index in [0.717, 1.165) is 29.8 Å². The third kappa shape index (κ3) is 6.68. The van der Waals surface area contributed by atoms with Crippen LogP contribution in [0.2, 0.25) is 0 Å². The molecule has 6 nitrogen and oxygen atoms in total. The third-order valence-corrected chi connectivity index (χ3v) is 6.30. The molecular weight excluding hydrogens is 469 g/mol. The van der Waals surface area contributed by atoms with Crippen LogP contribution >= 0.6 is 0 Å². The van der Waals surface area contributed by atoms with Crippen LogP contribution in [0.3, 0.4) is 0 Å². The van der Waals surface area contributed by atoms with Crippen molar-refractivity contribution in [2.45, 2.75) is 18.0 Å². The Bertz CT molecular complexity index is 1400. The van der Waals surface area contributed by atoms with Crippen LogP contribution < -0.4 is 4.18 Å². The lowest BCUT2D eigenvalue weighted by Crippen LogP contribution is -2.28. The highest BCUT2D eigenvalue weighted by Gasteiger charge is 2.18. The Labute approximate surface area is 203 Å². The second-order valence-corrected chi connectivity index (χ2v) is 9.20. The third-order valence-electron chi connectivity index (χ3n) is 5.04. The molecule has 0 saturated carbocycles. The zero-order valence-electron chi connectivity index (χ0n) is 18.6. The summed E-state index contributed by atoms with van der Waals surface area (Å²) in [6.07, 6.45) is 4.75. The summed E-state index contributed by atoms with van der Waals surface area (Å²) in [6, 6.07) is 23.8. The fraction of sp³-hybridized carbons (Fsp3) is 0.0741. The van der Waals surface area contributed by atoms with Gasteiger partial charge in [-0.25, -0.2) is 4.39 Å². The summed E-state index contributed by atoms with van der Waals surface area (Å²) in [6.45, 7) is 0.413. The van der Waals surface area contributed by atoms with Gasteiger partial charge in [0.05, 0.1) is 12.8 Å². The number of hydrogen-bond donors (Lipinski definition) is 0. The summed E-state index contributed by atoms with van der Waals surface area (Å²) in [7, 11) is -4.15. The van der Waals surface area contributed by atoms with Crippen LogP contribution in [0.4, 0.5) is 4.39 Å². The monoisotopic (exact) mass is 491 g/mol. The summed E-state index contributed by atoms with van der Waals surface area (Å²) in [5.41, 5.74) is 1.55. The van der Waals surface area contributed by atoms with Gasteiger partial charge in [-0.15, -0.1) is 0 Å². The summed E-state index contributed by atoms with van der Waals surface area (Å²) < 4.78 is 48.9.